The van der Waals surface area contributed by atoms with Gasteiger partial charge in [0.1, 0.15) is 22.2 Å². The highest BCUT2D eigenvalue weighted by atomic mass is 32.1. The Labute approximate surface area is 185 Å². The smallest absolute Gasteiger partial charge is 0.346 e. The third kappa shape index (κ3) is 3.81. The molecule has 5 aromatic rings. The number of thiazole rings is 1. The quantitative estimate of drug-likeness (QED) is 0.195. The number of nitrogens with zero attached hydrogens (tertiary/aromatic N) is 1. The molecule has 0 aliphatic rings. The van der Waals surface area contributed by atoms with Gasteiger partial charge >= 0.3 is 11.6 Å². The Bertz CT molecular complexity index is 1510. The minimum absolute atomic E-state index is 0.141. The molecular weight excluding hydrogens is 429 g/mol. The molecule has 0 fully saturated rings. The highest BCUT2D eigenvalue weighted by Gasteiger charge is 2.16. The first kappa shape index (κ1) is 19.8. The summed E-state index contributed by atoms with van der Waals surface area (Å²) in [4.78, 5) is 29.4. The fraction of sp³-hybridized carbons (Fsp3) is 0. The van der Waals surface area contributed by atoms with Gasteiger partial charge in [-0.05, 0) is 30.3 Å². The van der Waals surface area contributed by atoms with E-state index in [0.29, 0.717) is 16.0 Å². The molecule has 2 heterocycles. The van der Waals surface area contributed by atoms with E-state index >= 15 is 0 Å². The van der Waals surface area contributed by atoms with Crippen LogP contribution in [0.3, 0.4) is 0 Å². The monoisotopic (exact) mass is 443 g/mol. The second-order valence-electron chi connectivity index (χ2n) is 6.92. The van der Waals surface area contributed by atoms with Crippen LogP contribution in [0.2, 0.25) is 0 Å². The highest BCUT2D eigenvalue weighted by molar-refractivity contribution is 7.13. The van der Waals surface area contributed by atoms with Gasteiger partial charge in [-0.3, -0.25) is 0 Å². The summed E-state index contributed by atoms with van der Waals surface area (Å²) < 4.78 is 24.5. The number of ether oxygens (including phenoxy) is 1. The van der Waals surface area contributed by atoms with Crippen molar-refractivity contribution in [2.24, 2.45) is 0 Å². The van der Waals surface area contributed by atoms with Crippen LogP contribution in [0.1, 0.15) is 10.4 Å². The van der Waals surface area contributed by atoms with Gasteiger partial charge in [0.2, 0.25) is 0 Å². The van der Waals surface area contributed by atoms with Crippen LogP contribution in [0.15, 0.2) is 93.5 Å². The van der Waals surface area contributed by atoms with Gasteiger partial charge in [0.25, 0.3) is 0 Å². The average Bonchev–Trinajstić information content (AvgIpc) is 3.29. The number of halogens is 1. The fourth-order valence-electron chi connectivity index (χ4n) is 3.23. The molecule has 32 heavy (non-hydrogen) atoms. The summed E-state index contributed by atoms with van der Waals surface area (Å²) in [6, 6.07) is 21.6. The van der Waals surface area contributed by atoms with E-state index in [0.717, 1.165) is 11.3 Å². The van der Waals surface area contributed by atoms with Gasteiger partial charge in [0, 0.05) is 22.4 Å². The van der Waals surface area contributed by atoms with Crippen LogP contribution in [0.4, 0.5) is 4.39 Å². The molecule has 0 bridgehead atoms. The number of carbonyl (C=O) groups excluding carboxylic acids is 1. The van der Waals surface area contributed by atoms with Crippen LogP contribution < -0.4 is 10.4 Å². The third-order valence-corrected chi connectivity index (χ3v) is 5.69. The summed E-state index contributed by atoms with van der Waals surface area (Å²) in [6.07, 6.45) is 0. The number of aromatic nitrogens is 1. The van der Waals surface area contributed by atoms with E-state index in [2.05, 4.69) is 4.98 Å². The minimum Gasteiger partial charge on any atom is -0.423 e. The lowest BCUT2D eigenvalue weighted by Gasteiger charge is -2.06. The summed E-state index contributed by atoms with van der Waals surface area (Å²) in [5, 5.41) is 3.08. The Morgan fingerprint density at radius 1 is 0.969 bits per heavy atom. The number of benzene rings is 3. The number of carbonyl (C=O) groups is 1. The second kappa shape index (κ2) is 8.20. The van der Waals surface area contributed by atoms with Crippen molar-refractivity contribution in [2.45, 2.75) is 0 Å². The van der Waals surface area contributed by atoms with Crippen LogP contribution in [0.25, 0.3) is 32.8 Å². The Balaban J connectivity index is 1.45. The zero-order chi connectivity index (χ0) is 22.1. The molecule has 0 amide bonds. The first-order chi connectivity index (χ1) is 15.6. The van der Waals surface area contributed by atoms with Crippen molar-refractivity contribution in [3.05, 3.63) is 106 Å². The van der Waals surface area contributed by atoms with Gasteiger partial charge in [0.05, 0.1) is 16.8 Å². The van der Waals surface area contributed by atoms with Gasteiger partial charge in [0.15, 0.2) is 0 Å². The molecule has 0 saturated carbocycles. The molecule has 0 unspecified atom stereocenters. The number of hydrogen-bond donors (Lipinski definition) is 0. The van der Waals surface area contributed by atoms with Crippen molar-refractivity contribution < 1.29 is 18.3 Å². The number of fused-ring (bicyclic) bond motifs is 1. The van der Waals surface area contributed by atoms with Gasteiger partial charge in [-0.1, -0.05) is 42.5 Å². The van der Waals surface area contributed by atoms with Crippen LogP contribution in [0.5, 0.6) is 5.75 Å². The van der Waals surface area contributed by atoms with Gasteiger partial charge in [-0.2, -0.15) is 0 Å². The summed E-state index contributed by atoms with van der Waals surface area (Å²) in [7, 11) is 0. The normalized spacial score (nSPS) is 10.9. The zero-order valence-corrected chi connectivity index (χ0v) is 17.3. The second-order valence-corrected chi connectivity index (χ2v) is 7.78. The predicted molar refractivity (Wildman–Crippen MR) is 120 cm³/mol. The Kier molecular flexibility index (Phi) is 5.09. The van der Waals surface area contributed by atoms with Crippen molar-refractivity contribution in [3.63, 3.8) is 0 Å². The van der Waals surface area contributed by atoms with Crippen LogP contribution >= 0.6 is 11.3 Å². The SMILES string of the molecule is O=C(Oc1ccc2cc(-c3nc(-c4ccccc4)cs3)c(=O)oc2c1)c1ccccc1F. The van der Waals surface area contributed by atoms with E-state index in [1.165, 1.54) is 35.6 Å². The lowest BCUT2D eigenvalue weighted by Crippen LogP contribution is -2.10. The van der Waals surface area contributed by atoms with E-state index in [4.69, 9.17) is 9.15 Å². The molecule has 0 atom stereocenters. The molecule has 3 aromatic carbocycles. The molecule has 7 heteroatoms. The van der Waals surface area contributed by atoms with Crippen molar-refractivity contribution in [1.29, 1.82) is 0 Å². The van der Waals surface area contributed by atoms with Crippen LogP contribution in [-0.4, -0.2) is 11.0 Å². The lowest BCUT2D eigenvalue weighted by molar-refractivity contribution is 0.0730. The number of esters is 1. The largest absolute Gasteiger partial charge is 0.423 e. The fourth-order valence-corrected chi connectivity index (χ4v) is 4.06. The molecule has 0 aliphatic carbocycles. The summed E-state index contributed by atoms with van der Waals surface area (Å²) in [5.74, 6) is -1.37. The molecule has 5 nitrogen and oxygen atoms in total. The van der Waals surface area contributed by atoms with Crippen LogP contribution in [-0.2, 0) is 0 Å². The maximum atomic E-state index is 13.8. The zero-order valence-electron chi connectivity index (χ0n) is 16.4. The van der Waals surface area contributed by atoms with Crippen molar-refractivity contribution in [3.8, 4) is 27.6 Å². The summed E-state index contributed by atoms with van der Waals surface area (Å²) in [6.45, 7) is 0. The maximum Gasteiger partial charge on any atom is 0.346 e. The van der Waals surface area contributed by atoms with Gasteiger partial charge < -0.3 is 9.15 Å². The third-order valence-electron chi connectivity index (χ3n) is 4.82. The van der Waals surface area contributed by atoms with Gasteiger partial charge in [-0.25, -0.2) is 19.0 Å². The lowest BCUT2D eigenvalue weighted by atomic mass is 10.1. The van der Waals surface area contributed by atoms with Crippen LogP contribution in [0, 0.1) is 5.82 Å². The average molecular weight is 443 g/mol. The molecule has 0 saturated heterocycles. The molecule has 2 aromatic heterocycles. The Hall–Kier alpha value is -4.10. The molecule has 0 radical (unpaired) electrons. The highest BCUT2D eigenvalue weighted by Crippen LogP contribution is 2.30. The Morgan fingerprint density at radius 2 is 1.75 bits per heavy atom. The molecule has 0 N–H and O–H groups in total. The van der Waals surface area contributed by atoms with Crippen molar-refractivity contribution in [1.82, 2.24) is 4.98 Å². The molecule has 5 rings (SSSR count). The van der Waals surface area contributed by atoms with E-state index in [9.17, 15) is 14.0 Å². The maximum absolute atomic E-state index is 13.8. The van der Waals surface area contributed by atoms with Crippen molar-refractivity contribution in [2.75, 3.05) is 0 Å². The molecule has 156 valence electrons. The van der Waals surface area contributed by atoms with E-state index < -0.39 is 17.4 Å². The summed E-state index contributed by atoms with van der Waals surface area (Å²) in [5.41, 5.74) is 1.60. The predicted octanol–water partition coefficient (Wildman–Crippen LogP) is 5.94. The van der Waals surface area contributed by atoms with E-state index in [-0.39, 0.29) is 16.9 Å². The molecule has 0 spiro atoms. The molecular formula is C25H14FNO4S. The minimum atomic E-state index is -0.836. The first-order valence-electron chi connectivity index (χ1n) is 9.64. The molecule has 0 aliphatic heterocycles. The van der Waals surface area contributed by atoms with Gasteiger partial charge in [-0.15, -0.1) is 11.3 Å². The number of rotatable bonds is 4. The Morgan fingerprint density at radius 3 is 2.56 bits per heavy atom. The van der Waals surface area contributed by atoms with E-state index in [1.54, 1.807) is 24.3 Å². The first-order valence-corrected chi connectivity index (χ1v) is 10.5. The number of hydrogen-bond acceptors (Lipinski definition) is 6. The topological polar surface area (TPSA) is 69.4 Å². The van der Waals surface area contributed by atoms with E-state index in [1.807, 2.05) is 35.7 Å². The standard InChI is InChI=1S/C25H14FNO4S/c26-20-9-5-4-8-18(20)24(28)30-17-11-10-16-12-19(25(29)31-22(16)13-17)23-27-21(14-32-23)15-6-2-1-3-7-15/h1-14H. The summed E-state index contributed by atoms with van der Waals surface area (Å²) >= 11 is 1.35. The van der Waals surface area contributed by atoms with Crippen molar-refractivity contribution >= 4 is 28.3 Å².